The van der Waals surface area contributed by atoms with Crippen LogP contribution in [0.4, 0.5) is 13.2 Å². The van der Waals surface area contributed by atoms with Crippen LogP contribution in [0.2, 0.25) is 0 Å². The average molecular weight is 245 g/mol. The first-order valence-corrected chi connectivity index (χ1v) is 5.53. The van der Waals surface area contributed by atoms with Crippen molar-refractivity contribution >= 4 is 0 Å². The molecule has 0 saturated heterocycles. The first-order valence-electron chi connectivity index (χ1n) is 5.53. The van der Waals surface area contributed by atoms with E-state index in [1.54, 1.807) is 0 Å². The maximum absolute atomic E-state index is 12.7. The van der Waals surface area contributed by atoms with Crippen molar-refractivity contribution in [3.63, 3.8) is 0 Å². The molecule has 1 aromatic rings. The largest absolute Gasteiger partial charge is 0.507 e. The molecule has 17 heavy (non-hydrogen) atoms. The Morgan fingerprint density at radius 3 is 2.71 bits per heavy atom. The molecule has 1 aromatic carbocycles. The van der Waals surface area contributed by atoms with E-state index in [4.69, 9.17) is 0 Å². The molecule has 94 valence electrons. The summed E-state index contributed by atoms with van der Waals surface area (Å²) in [7, 11) is 0. The highest BCUT2D eigenvalue weighted by atomic mass is 19.4. The van der Waals surface area contributed by atoms with Crippen LogP contribution in [0.25, 0.3) is 0 Å². The Kier molecular flexibility index (Phi) is 3.03. The number of hydrogen-bond acceptors (Lipinski definition) is 2. The highest BCUT2D eigenvalue weighted by molar-refractivity contribution is 5.45. The van der Waals surface area contributed by atoms with E-state index in [1.165, 1.54) is 6.07 Å². The third-order valence-electron chi connectivity index (χ3n) is 3.12. The molecule has 1 unspecified atom stereocenters. The van der Waals surface area contributed by atoms with Gasteiger partial charge >= 0.3 is 6.18 Å². The van der Waals surface area contributed by atoms with Gasteiger partial charge in [-0.1, -0.05) is 6.92 Å². The standard InChI is InChI=1S/C12H14F3NO/c1-7-6-16-3-2-8-4-11(17)10(5-9(7)8)12(13,14)15/h4-5,7,16-17H,2-3,6H2,1H3. The second kappa shape index (κ2) is 4.22. The smallest absolute Gasteiger partial charge is 0.419 e. The minimum atomic E-state index is -4.50. The zero-order valence-electron chi connectivity index (χ0n) is 9.43. The van der Waals surface area contributed by atoms with Crippen molar-refractivity contribution in [3.8, 4) is 5.75 Å². The van der Waals surface area contributed by atoms with Crippen molar-refractivity contribution in [3.05, 3.63) is 28.8 Å². The lowest BCUT2D eigenvalue weighted by atomic mass is 9.92. The van der Waals surface area contributed by atoms with E-state index in [-0.39, 0.29) is 5.92 Å². The molecule has 2 nitrogen and oxygen atoms in total. The first-order chi connectivity index (χ1) is 7.89. The summed E-state index contributed by atoms with van der Waals surface area (Å²) in [6, 6.07) is 2.34. The van der Waals surface area contributed by atoms with Crippen molar-refractivity contribution in [2.75, 3.05) is 13.1 Å². The maximum Gasteiger partial charge on any atom is 0.419 e. The summed E-state index contributed by atoms with van der Waals surface area (Å²) in [6.07, 6.45) is -3.86. The minimum absolute atomic E-state index is 0.0224. The van der Waals surface area contributed by atoms with E-state index < -0.39 is 17.5 Å². The van der Waals surface area contributed by atoms with Gasteiger partial charge in [-0.2, -0.15) is 13.2 Å². The Morgan fingerprint density at radius 2 is 2.06 bits per heavy atom. The van der Waals surface area contributed by atoms with E-state index in [0.717, 1.165) is 18.2 Å². The van der Waals surface area contributed by atoms with Crippen molar-refractivity contribution in [1.29, 1.82) is 0 Å². The number of rotatable bonds is 0. The molecule has 0 bridgehead atoms. The molecule has 1 atom stereocenters. The fourth-order valence-electron chi connectivity index (χ4n) is 2.20. The van der Waals surface area contributed by atoms with Crippen molar-refractivity contribution in [2.45, 2.75) is 25.4 Å². The van der Waals surface area contributed by atoms with Crippen LogP contribution in [0, 0.1) is 0 Å². The van der Waals surface area contributed by atoms with Crippen LogP contribution in [0.1, 0.15) is 29.5 Å². The Hall–Kier alpha value is -1.23. The summed E-state index contributed by atoms with van der Waals surface area (Å²) in [5, 5.41) is 12.6. The lowest BCUT2D eigenvalue weighted by molar-refractivity contribution is -0.138. The first kappa shape index (κ1) is 12.2. The molecular weight excluding hydrogens is 231 g/mol. The van der Waals surface area contributed by atoms with Gasteiger partial charge < -0.3 is 10.4 Å². The van der Waals surface area contributed by atoms with Gasteiger partial charge in [-0.15, -0.1) is 0 Å². The summed E-state index contributed by atoms with van der Waals surface area (Å²) in [5.41, 5.74) is 0.540. The Labute approximate surface area is 97.5 Å². The third kappa shape index (κ3) is 2.39. The number of halogens is 3. The van der Waals surface area contributed by atoms with E-state index >= 15 is 0 Å². The number of benzene rings is 1. The second-order valence-electron chi connectivity index (χ2n) is 4.42. The van der Waals surface area contributed by atoms with Crippen LogP contribution in [0.5, 0.6) is 5.75 Å². The molecule has 2 rings (SSSR count). The molecule has 1 aliphatic rings. The highest BCUT2D eigenvalue weighted by Gasteiger charge is 2.35. The van der Waals surface area contributed by atoms with Gasteiger partial charge in [0.25, 0.3) is 0 Å². The van der Waals surface area contributed by atoms with Gasteiger partial charge in [0.15, 0.2) is 0 Å². The van der Waals surface area contributed by atoms with E-state index in [0.29, 0.717) is 18.5 Å². The molecule has 1 heterocycles. The summed E-state index contributed by atoms with van der Waals surface area (Å²) in [4.78, 5) is 0. The monoisotopic (exact) mass is 245 g/mol. The van der Waals surface area contributed by atoms with Crippen molar-refractivity contribution in [2.24, 2.45) is 0 Å². The Balaban J connectivity index is 2.53. The summed E-state index contributed by atoms with van der Waals surface area (Å²) < 4.78 is 38.0. The summed E-state index contributed by atoms with van der Waals surface area (Å²) >= 11 is 0. The molecule has 0 aromatic heterocycles. The lowest BCUT2D eigenvalue weighted by Gasteiger charge is -2.16. The number of fused-ring (bicyclic) bond motifs is 1. The number of phenolic OH excluding ortho intramolecular Hbond substituents is 1. The average Bonchev–Trinajstić information content (AvgIpc) is 2.38. The van der Waals surface area contributed by atoms with Gasteiger partial charge in [0.1, 0.15) is 5.75 Å². The normalized spacial score (nSPS) is 20.8. The van der Waals surface area contributed by atoms with Crippen LogP contribution >= 0.6 is 0 Å². The van der Waals surface area contributed by atoms with E-state index in [1.807, 2.05) is 6.92 Å². The van der Waals surface area contributed by atoms with Crippen molar-refractivity contribution in [1.82, 2.24) is 5.32 Å². The molecule has 5 heteroatoms. The van der Waals surface area contributed by atoms with Crippen LogP contribution < -0.4 is 5.32 Å². The van der Waals surface area contributed by atoms with Gasteiger partial charge in [0.05, 0.1) is 5.56 Å². The topological polar surface area (TPSA) is 32.3 Å². The number of alkyl halides is 3. The van der Waals surface area contributed by atoms with Crippen molar-refractivity contribution < 1.29 is 18.3 Å². The van der Waals surface area contributed by atoms with E-state index in [2.05, 4.69) is 5.32 Å². The zero-order chi connectivity index (χ0) is 12.6. The quantitative estimate of drug-likeness (QED) is 0.736. The number of phenols is 1. The molecule has 0 saturated carbocycles. The third-order valence-corrected chi connectivity index (χ3v) is 3.12. The number of hydrogen-bond donors (Lipinski definition) is 2. The minimum Gasteiger partial charge on any atom is -0.507 e. The van der Waals surface area contributed by atoms with Crippen LogP contribution in [-0.2, 0) is 12.6 Å². The van der Waals surface area contributed by atoms with Gasteiger partial charge in [-0.25, -0.2) is 0 Å². The van der Waals surface area contributed by atoms with Crippen LogP contribution in [0.3, 0.4) is 0 Å². The van der Waals surface area contributed by atoms with Gasteiger partial charge in [0, 0.05) is 6.54 Å². The van der Waals surface area contributed by atoms with Crippen LogP contribution in [-0.4, -0.2) is 18.2 Å². The second-order valence-corrected chi connectivity index (χ2v) is 4.42. The SMILES string of the molecule is CC1CNCCc2cc(O)c(C(F)(F)F)cc21. The predicted octanol–water partition coefficient (Wildman–Crippen LogP) is 2.66. The Bertz CT molecular complexity index is 428. The molecule has 0 fully saturated rings. The number of nitrogens with one attached hydrogen (secondary N) is 1. The van der Waals surface area contributed by atoms with E-state index in [9.17, 15) is 18.3 Å². The summed E-state index contributed by atoms with van der Waals surface area (Å²) in [5.74, 6) is -0.653. The van der Waals surface area contributed by atoms with Crippen LogP contribution in [0.15, 0.2) is 12.1 Å². The predicted molar refractivity (Wildman–Crippen MR) is 58.1 cm³/mol. The molecule has 0 aliphatic carbocycles. The van der Waals surface area contributed by atoms with Gasteiger partial charge in [0.2, 0.25) is 0 Å². The molecule has 0 amide bonds. The van der Waals surface area contributed by atoms with Gasteiger partial charge in [-0.05, 0) is 42.1 Å². The maximum atomic E-state index is 12.7. The molecular formula is C12H14F3NO. The van der Waals surface area contributed by atoms with Gasteiger partial charge in [-0.3, -0.25) is 0 Å². The summed E-state index contributed by atoms with van der Waals surface area (Å²) in [6.45, 7) is 3.27. The lowest BCUT2D eigenvalue weighted by Crippen LogP contribution is -2.18. The Morgan fingerprint density at radius 1 is 1.35 bits per heavy atom. The highest BCUT2D eigenvalue weighted by Crippen LogP contribution is 2.39. The zero-order valence-corrected chi connectivity index (χ0v) is 9.43. The molecule has 0 spiro atoms. The molecule has 2 N–H and O–H groups in total. The fraction of sp³-hybridized carbons (Fsp3) is 0.500. The molecule has 1 aliphatic heterocycles. The number of aromatic hydroxyl groups is 1. The fourth-order valence-corrected chi connectivity index (χ4v) is 2.20. The molecule has 0 radical (unpaired) electrons.